The quantitative estimate of drug-likeness (QED) is 0.168. The van der Waals surface area contributed by atoms with Crippen molar-refractivity contribution in [2.24, 2.45) is 4.99 Å². The number of nitrogens with one attached hydrogen (secondary N) is 2. The Hall–Kier alpha value is -1.42. The van der Waals surface area contributed by atoms with Crippen molar-refractivity contribution < 1.29 is 9.66 Å². The fraction of sp³-hybridized carbons (Fsp3) is 0.500. The minimum atomic E-state index is -0.404. The van der Waals surface area contributed by atoms with Gasteiger partial charge in [0.2, 0.25) is 0 Å². The van der Waals surface area contributed by atoms with Gasteiger partial charge in [0, 0.05) is 31.8 Å². The number of benzene rings is 1. The second kappa shape index (κ2) is 12.2. The van der Waals surface area contributed by atoms with Crippen LogP contribution < -0.4 is 10.6 Å². The highest BCUT2D eigenvalue weighted by atomic mass is 127. The third kappa shape index (κ3) is 8.13. The van der Waals surface area contributed by atoms with Crippen LogP contribution in [0.4, 0.5) is 5.69 Å². The molecule has 8 heteroatoms. The molecule has 0 unspecified atom stereocenters. The monoisotopic (exact) mass is 422 g/mol. The molecule has 0 spiro atoms. The zero-order chi connectivity index (χ0) is 15.5. The van der Waals surface area contributed by atoms with Crippen LogP contribution in [0.5, 0.6) is 0 Å². The molecule has 0 aromatic heterocycles. The smallest absolute Gasteiger partial charge is 0.269 e. The molecular formula is C14H23IN4O3. The first-order valence-electron chi connectivity index (χ1n) is 7.00. The summed E-state index contributed by atoms with van der Waals surface area (Å²) in [5, 5.41) is 17.0. The van der Waals surface area contributed by atoms with Gasteiger partial charge in [0.15, 0.2) is 5.96 Å². The molecule has 22 heavy (non-hydrogen) atoms. The zero-order valence-electron chi connectivity index (χ0n) is 12.9. The Bertz CT molecular complexity index is 483. The van der Waals surface area contributed by atoms with Crippen molar-refractivity contribution in [1.29, 1.82) is 0 Å². The first-order valence-corrected chi connectivity index (χ1v) is 7.00. The highest BCUT2D eigenvalue weighted by Crippen LogP contribution is 2.13. The van der Waals surface area contributed by atoms with Crippen LogP contribution in [0.1, 0.15) is 19.4 Å². The van der Waals surface area contributed by atoms with E-state index in [0.29, 0.717) is 32.3 Å². The number of ether oxygens (including phenoxy) is 1. The van der Waals surface area contributed by atoms with Crippen molar-refractivity contribution in [3.8, 4) is 0 Å². The van der Waals surface area contributed by atoms with Crippen LogP contribution in [0, 0.1) is 10.1 Å². The molecule has 0 saturated carbocycles. The van der Waals surface area contributed by atoms with Gasteiger partial charge in [-0.05, 0) is 19.4 Å². The topological polar surface area (TPSA) is 88.8 Å². The Morgan fingerprint density at radius 3 is 2.77 bits per heavy atom. The fourth-order valence-electron chi connectivity index (χ4n) is 1.67. The summed E-state index contributed by atoms with van der Waals surface area (Å²) in [6.07, 6.45) is 0. The van der Waals surface area contributed by atoms with E-state index < -0.39 is 4.92 Å². The SMILES string of the molecule is CCNC(=NCc1cccc([N+](=O)[O-])c1)NCCOCC.I. The molecule has 0 aliphatic rings. The van der Waals surface area contributed by atoms with E-state index in [0.717, 1.165) is 12.1 Å². The molecule has 0 aliphatic carbocycles. The van der Waals surface area contributed by atoms with E-state index in [2.05, 4.69) is 15.6 Å². The largest absolute Gasteiger partial charge is 0.380 e. The standard InChI is InChI=1S/C14H22N4O3.HI/c1-3-15-14(16-8-9-21-4-2)17-11-12-6-5-7-13(10-12)18(19)20;/h5-7,10H,3-4,8-9,11H2,1-2H3,(H2,15,16,17);1H. The number of hydrogen-bond donors (Lipinski definition) is 2. The molecule has 0 fully saturated rings. The molecule has 0 aliphatic heterocycles. The third-order valence-corrected chi connectivity index (χ3v) is 2.63. The Labute approximate surface area is 147 Å². The van der Waals surface area contributed by atoms with Crippen molar-refractivity contribution in [3.05, 3.63) is 39.9 Å². The number of nitrogens with zero attached hydrogens (tertiary/aromatic N) is 2. The van der Waals surface area contributed by atoms with E-state index in [1.54, 1.807) is 6.07 Å². The van der Waals surface area contributed by atoms with E-state index in [4.69, 9.17) is 4.74 Å². The minimum absolute atomic E-state index is 0. The molecule has 1 aromatic carbocycles. The summed E-state index contributed by atoms with van der Waals surface area (Å²) in [5.41, 5.74) is 0.878. The number of non-ortho nitro benzene ring substituents is 1. The molecule has 0 bridgehead atoms. The van der Waals surface area contributed by atoms with Crippen LogP contribution >= 0.6 is 24.0 Å². The van der Waals surface area contributed by atoms with Gasteiger partial charge < -0.3 is 15.4 Å². The third-order valence-electron chi connectivity index (χ3n) is 2.63. The van der Waals surface area contributed by atoms with Gasteiger partial charge in [0.1, 0.15) is 0 Å². The van der Waals surface area contributed by atoms with Crippen LogP contribution in [-0.4, -0.2) is 37.2 Å². The molecule has 0 radical (unpaired) electrons. The number of hydrogen-bond acceptors (Lipinski definition) is 4. The summed E-state index contributed by atoms with van der Waals surface area (Å²) in [6, 6.07) is 6.49. The van der Waals surface area contributed by atoms with Crippen LogP contribution in [0.15, 0.2) is 29.3 Å². The summed E-state index contributed by atoms with van der Waals surface area (Å²) in [4.78, 5) is 14.7. The number of rotatable bonds is 8. The summed E-state index contributed by atoms with van der Waals surface area (Å²) < 4.78 is 5.25. The maximum absolute atomic E-state index is 10.7. The molecule has 1 rings (SSSR count). The number of halogens is 1. The van der Waals surface area contributed by atoms with Gasteiger partial charge in [0.05, 0.1) is 18.1 Å². The first kappa shape index (κ1) is 20.6. The highest BCUT2D eigenvalue weighted by Gasteiger charge is 2.05. The summed E-state index contributed by atoms with van der Waals surface area (Å²) in [7, 11) is 0. The van der Waals surface area contributed by atoms with Crippen LogP contribution in [0.2, 0.25) is 0 Å². The van der Waals surface area contributed by atoms with Gasteiger partial charge in [-0.25, -0.2) is 4.99 Å². The minimum Gasteiger partial charge on any atom is -0.380 e. The van der Waals surface area contributed by atoms with Crippen molar-refractivity contribution in [1.82, 2.24) is 10.6 Å². The van der Waals surface area contributed by atoms with E-state index in [-0.39, 0.29) is 29.7 Å². The molecule has 0 atom stereocenters. The Balaban J connectivity index is 0.00000441. The zero-order valence-corrected chi connectivity index (χ0v) is 15.2. The Morgan fingerprint density at radius 2 is 2.14 bits per heavy atom. The van der Waals surface area contributed by atoms with Crippen molar-refractivity contribution in [3.63, 3.8) is 0 Å². The number of aliphatic imine (C=N–C) groups is 1. The van der Waals surface area contributed by atoms with Crippen molar-refractivity contribution >= 4 is 35.6 Å². The lowest BCUT2D eigenvalue weighted by Gasteiger charge is -2.11. The Morgan fingerprint density at radius 1 is 1.36 bits per heavy atom. The molecule has 124 valence electrons. The molecular weight excluding hydrogens is 399 g/mol. The molecule has 1 aromatic rings. The summed E-state index contributed by atoms with van der Waals surface area (Å²) in [5.74, 6) is 0.670. The number of nitro benzene ring substituents is 1. The van der Waals surface area contributed by atoms with E-state index in [1.165, 1.54) is 12.1 Å². The van der Waals surface area contributed by atoms with Crippen molar-refractivity contribution in [2.45, 2.75) is 20.4 Å². The van der Waals surface area contributed by atoms with Gasteiger partial charge in [-0.1, -0.05) is 12.1 Å². The van der Waals surface area contributed by atoms with E-state index >= 15 is 0 Å². The second-order valence-corrected chi connectivity index (χ2v) is 4.25. The lowest BCUT2D eigenvalue weighted by atomic mass is 10.2. The molecule has 7 nitrogen and oxygen atoms in total. The van der Waals surface area contributed by atoms with Gasteiger partial charge in [-0.3, -0.25) is 10.1 Å². The average Bonchev–Trinajstić information content (AvgIpc) is 2.49. The van der Waals surface area contributed by atoms with Gasteiger partial charge >= 0.3 is 0 Å². The predicted octanol–water partition coefficient (Wildman–Crippen LogP) is 2.30. The molecule has 0 amide bonds. The average molecular weight is 422 g/mol. The fourth-order valence-corrected chi connectivity index (χ4v) is 1.67. The second-order valence-electron chi connectivity index (χ2n) is 4.25. The van der Waals surface area contributed by atoms with Gasteiger partial charge in [-0.2, -0.15) is 0 Å². The van der Waals surface area contributed by atoms with Gasteiger partial charge in [-0.15, -0.1) is 24.0 Å². The molecule has 0 heterocycles. The number of guanidine groups is 1. The normalized spacial score (nSPS) is 10.7. The summed E-state index contributed by atoms with van der Waals surface area (Å²) >= 11 is 0. The van der Waals surface area contributed by atoms with E-state index in [9.17, 15) is 10.1 Å². The molecule has 2 N–H and O–H groups in total. The lowest BCUT2D eigenvalue weighted by Crippen LogP contribution is -2.39. The van der Waals surface area contributed by atoms with Crippen LogP contribution in [0.25, 0.3) is 0 Å². The maximum Gasteiger partial charge on any atom is 0.269 e. The summed E-state index contributed by atoms with van der Waals surface area (Å²) in [6.45, 7) is 7.01. The number of nitro groups is 1. The predicted molar refractivity (Wildman–Crippen MR) is 97.8 cm³/mol. The van der Waals surface area contributed by atoms with Crippen LogP contribution in [0.3, 0.4) is 0 Å². The van der Waals surface area contributed by atoms with Crippen LogP contribution in [-0.2, 0) is 11.3 Å². The highest BCUT2D eigenvalue weighted by molar-refractivity contribution is 14.0. The van der Waals surface area contributed by atoms with Gasteiger partial charge in [0.25, 0.3) is 5.69 Å². The Kier molecular flexibility index (Phi) is 11.4. The first-order chi connectivity index (χ1) is 10.2. The maximum atomic E-state index is 10.7. The lowest BCUT2D eigenvalue weighted by molar-refractivity contribution is -0.384. The van der Waals surface area contributed by atoms with E-state index in [1.807, 2.05) is 19.9 Å². The van der Waals surface area contributed by atoms with Crippen molar-refractivity contribution in [2.75, 3.05) is 26.3 Å². The molecule has 0 saturated heterocycles.